The third-order valence-corrected chi connectivity index (χ3v) is 2.30. The quantitative estimate of drug-likeness (QED) is 0.583. The second-order valence-corrected chi connectivity index (χ2v) is 4.97. The van der Waals surface area contributed by atoms with Crippen LogP contribution in [0.3, 0.4) is 0 Å². The van der Waals surface area contributed by atoms with Gasteiger partial charge in [-0.2, -0.15) is 4.99 Å². The van der Waals surface area contributed by atoms with Crippen LogP contribution in [0, 0.1) is 0 Å². The molecule has 0 saturated carbocycles. The van der Waals surface area contributed by atoms with Gasteiger partial charge >= 0.3 is 6.09 Å². The molecule has 6 nitrogen and oxygen atoms in total. The van der Waals surface area contributed by atoms with Crippen LogP contribution in [-0.2, 0) is 9.53 Å². The second-order valence-electron chi connectivity index (χ2n) is 4.97. The fraction of sp³-hybridized carbons (Fsp3) is 0.308. The average Bonchev–Trinajstić information content (AvgIpc) is 2.70. The molecule has 19 heavy (non-hydrogen) atoms. The second kappa shape index (κ2) is 4.66. The molecule has 0 aliphatic rings. The summed E-state index contributed by atoms with van der Waals surface area (Å²) in [5.41, 5.74) is 1.02. The zero-order chi connectivity index (χ0) is 14.0. The SMILES string of the molecule is CC(C)(C)OC(=O)n1cnc2cc(N=C=O)ccc21. The van der Waals surface area contributed by atoms with Gasteiger partial charge in [0, 0.05) is 0 Å². The Morgan fingerprint density at radius 3 is 2.79 bits per heavy atom. The molecule has 0 aliphatic carbocycles. The standard InChI is InChI=1S/C13H13N3O3/c1-13(2,3)19-12(18)16-7-14-10-6-9(15-8-17)4-5-11(10)16/h4-7H,1-3H3. The van der Waals surface area contributed by atoms with E-state index in [-0.39, 0.29) is 0 Å². The number of rotatable bonds is 1. The van der Waals surface area contributed by atoms with Gasteiger partial charge in [0.2, 0.25) is 6.08 Å². The molecule has 0 N–H and O–H groups in total. The summed E-state index contributed by atoms with van der Waals surface area (Å²) in [4.78, 5) is 29.7. The van der Waals surface area contributed by atoms with Crippen molar-refractivity contribution in [3.8, 4) is 0 Å². The maximum absolute atomic E-state index is 12.0. The van der Waals surface area contributed by atoms with Crippen LogP contribution >= 0.6 is 0 Å². The molecule has 0 aliphatic heterocycles. The fourth-order valence-electron chi connectivity index (χ4n) is 1.58. The highest BCUT2D eigenvalue weighted by Gasteiger charge is 2.19. The number of isocyanates is 1. The summed E-state index contributed by atoms with van der Waals surface area (Å²) in [5.74, 6) is 0. The van der Waals surface area contributed by atoms with Crippen molar-refractivity contribution in [3.63, 3.8) is 0 Å². The van der Waals surface area contributed by atoms with Crippen molar-refractivity contribution >= 4 is 28.9 Å². The highest BCUT2D eigenvalue weighted by Crippen LogP contribution is 2.21. The highest BCUT2D eigenvalue weighted by atomic mass is 16.6. The zero-order valence-corrected chi connectivity index (χ0v) is 10.9. The van der Waals surface area contributed by atoms with Gasteiger partial charge in [0.15, 0.2) is 0 Å². The van der Waals surface area contributed by atoms with Crippen LogP contribution in [0.2, 0.25) is 0 Å². The normalized spacial score (nSPS) is 11.1. The Labute approximate surface area is 109 Å². The summed E-state index contributed by atoms with van der Waals surface area (Å²) in [6.07, 6.45) is 2.34. The van der Waals surface area contributed by atoms with E-state index in [0.29, 0.717) is 16.7 Å². The molecule has 0 radical (unpaired) electrons. The third-order valence-electron chi connectivity index (χ3n) is 2.30. The number of ether oxygens (including phenoxy) is 1. The van der Waals surface area contributed by atoms with Crippen LogP contribution in [0.4, 0.5) is 10.5 Å². The number of benzene rings is 1. The molecule has 0 bridgehead atoms. The van der Waals surface area contributed by atoms with E-state index in [0.717, 1.165) is 0 Å². The van der Waals surface area contributed by atoms with Crippen LogP contribution in [0.1, 0.15) is 20.8 Å². The lowest BCUT2D eigenvalue weighted by molar-refractivity contribution is 0.0543. The lowest BCUT2D eigenvalue weighted by Gasteiger charge is -2.19. The largest absolute Gasteiger partial charge is 0.443 e. The molecule has 2 rings (SSSR count). The number of hydrogen-bond donors (Lipinski definition) is 0. The van der Waals surface area contributed by atoms with Crippen LogP contribution in [0.15, 0.2) is 29.5 Å². The Balaban J connectivity index is 2.41. The number of imidazole rings is 1. The first-order valence-corrected chi connectivity index (χ1v) is 5.69. The van der Waals surface area contributed by atoms with Crippen LogP contribution in [-0.4, -0.2) is 27.3 Å². The smallest absolute Gasteiger partial charge is 0.420 e. The van der Waals surface area contributed by atoms with Crippen molar-refractivity contribution in [3.05, 3.63) is 24.5 Å². The van der Waals surface area contributed by atoms with Gasteiger partial charge in [0.25, 0.3) is 0 Å². The van der Waals surface area contributed by atoms with Crippen molar-refractivity contribution in [2.24, 2.45) is 4.99 Å². The molecule has 6 heteroatoms. The molecule has 0 saturated heterocycles. The van der Waals surface area contributed by atoms with Gasteiger partial charge in [-0.05, 0) is 39.0 Å². The van der Waals surface area contributed by atoms with E-state index in [1.807, 2.05) is 0 Å². The first-order valence-electron chi connectivity index (χ1n) is 5.69. The minimum atomic E-state index is -0.574. The Bertz CT molecular complexity index is 676. The molecule has 0 atom stereocenters. The number of hydrogen-bond acceptors (Lipinski definition) is 5. The summed E-state index contributed by atoms with van der Waals surface area (Å²) < 4.78 is 6.58. The summed E-state index contributed by atoms with van der Waals surface area (Å²) in [5, 5.41) is 0. The van der Waals surface area contributed by atoms with E-state index in [4.69, 9.17) is 4.74 Å². The lowest BCUT2D eigenvalue weighted by atomic mass is 10.2. The summed E-state index contributed by atoms with van der Waals surface area (Å²) in [7, 11) is 0. The van der Waals surface area contributed by atoms with E-state index in [1.54, 1.807) is 39.0 Å². The Morgan fingerprint density at radius 2 is 2.16 bits per heavy atom. The molecule has 2 aromatic rings. The van der Waals surface area contributed by atoms with E-state index >= 15 is 0 Å². The predicted molar refractivity (Wildman–Crippen MR) is 69.1 cm³/mol. The topological polar surface area (TPSA) is 73.6 Å². The van der Waals surface area contributed by atoms with Crippen molar-refractivity contribution < 1.29 is 14.3 Å². The minimum Gasteiger partial charge on any atom is -0.443 e. The molecular weight excluding hydrogens is 246 g/mol. The van der Waals surface area contributed by atoms with E-state index < -0.39 is 11.7 Å². The number of nitrogens with zero attached hydrogens (tertiary/aromatic N) is 3. The third kappa shape index (κ3) is 2.86. The lowest BCUT2D eigenvalue weighted by Crippen LogP contribution is -2.26. The maximum Gasteiger partial charge on any atom is 0.420 e. The molecule has 1 aromatic heterocycles. The number of aliphatic imine (C=N–C) groups is 1. The summed E-state index contributed by atoms with van der Waals surface area (Å²) in [6, 6.07) is 4.86. The van der Waals surface area contributed by atoms with E-state index in [2.05, 4.69) is 9.98 Å². The molecule has 1 aromatic carbocycles. The maximum atomic E-state index is 12.0. The van der Waals surface area contributed by atoms with Crippen molar-refractivity contribution in [2.75, 3.05) is 0 Å². The van der Waals surface area contributed by atoms with E-state index in [1.165, 1.54) is 17.0 Å². The van der Waals surface area contributed by atoms with Gasteiger partial charge in [-0.25, -0.2) is 19.1 Å². The molecule has 0 amide bonds. The number of carbonyl (C=O) groups excluding carboxylic acids is 2. The predicted octanol–water partition coefficient (Wildman–Crippen LogP) is 2.79. The molecule has 0 fully saturated rings. The average molecular weight is 259 g/mol. The van der Waals surface area contributed by atoms with Gasteiger partial charge in [0.1, 0.15) is 11.9 Å². The Kier molecular flexibility index (Phi) is 3.19. The zero-order valence-electron chi connectivity index (χ0n) is 10.9. The van der Waals surface area contributed by atoms with Crippen LogP contribution in [0.25, 0.3) is 11.0 Å². The highest BCUT2D eigenvalue weighted by molar-refractivity contribution is 5.88. The molecular formula is C13H13N3O3. The van der Waals surface area contributed by atoms with Crippen molar-refractivity contribution in [2.45, 2.75) is 26.4 Å². The summed E-state index contributed by atoms with van der Waals surface area (Å²) >= 11 is 0. The van der Waals surface area contributed by atoms with Gasteiger partial charge in [-0.3, -0.25) is 0 Å². The summed E-state index contributed by atoms with van der Waals surface area (Å²) in [6.45, 7) is 5.38. The van der Waals surface area contributed by atoms with Crippen molar-refractivity contribution in [1.29, 1.82) is 0 Å². The van der Waals surface area contributed by atoms with E-state index in [9.17, 15) is 9.59 Å². The molecule has 0 spiro atoms. The van der Waals surface area contributed by atoms with Gasteiger partial charge in [-0.1, -0.05) is 0 Å². The van der Waals surface area contributed by atoms with Crippen molar-refractivity contribution in [1.82, 2.24) is 9.55 Å². The Hall–Kier alpha value is -2.46. The van der Waals surface area contributed by atoms with Crippen LogP contribution in [0.5, 0.6) is 0 Å². The monoisotopic (exact) mass is 259 g/mol. The van der Waals surface area contributed by atoms with Gasteiger partial charge in [0.05, 0.1) is 16.7 Å². The van der Waals surface area contributed by atoms with Gasteiger partial charge < -0.3 is 4.74 Å². The number of aromatic nitrogens is 2. The molecule has 0 unspecified atom stereocenters. The first-order chi connectivity index (χ1) is 8.90. The van der Waals surface area contributed by atoms with Crippen LogP contribution < -0.4 is 0 Å². The Morgan fingerprint density at radius 1 is 1.42 bits per heavy atom. The minimum absolute atomic E-state index is 0.442. The first kappa shape index (κ1) is 13.0. The molecule has 98 valence electrons. The fourth-order valence-corrected chi connectivity index (χ4v) is 1.58. The number of fused-ring (bicyclic) bond motifs is 1. The van der Waals surface area contributed by atoms with Gasteiger partial charge in [-0.15, -0.1) is 0 Å². The molecule has 1 heterocycles. The number of carbonyl (C=O) groups is 1.